The third-order valence-corrected chi connectivity index (χ3v) is 3.28. The first kappa shape index (κ1) is 13.5. The largest absolute Gasteiger partial charge is 0.321 e. The van der Waals surface area contributed by atoms with E-state index in [0.717, 1.165) is 5.56 Å². The van der Waals surface area contributed by atoms with Gasteiger partial charge in [-0.25, -0.2) is 0 Å². The Labute approximate surface area is 114 Å². The molecular weight excluding hydrogens is 234 g/mol. The Morgan fingerprint density at radius 1 is 1.00 bits per heavy atom. The van der Waals surface area contributed by atoms with Crippen LogP contribution in [0, 0.1) is 0 Å². The molecule has 0 saturated carbocycles. The van der Waals surface area contributed by atoms with Gasteiger partial charge in [0.2, 0.25) is 0 Å². The molecule has 2 heteroatoms. The molecule has 0 aromatic heterocycles. The van der Waals surface area contributed by atoms with E-state index in [1.807, 2.05) is 37.3 Å². The van der Waals surface area contributed by atoms with Crippen LogP contribution in [0.5, 0.6) is 0 Å². The molecule has 2 aromatic carbocycles. The summed E-state index contributed by atoms with van der Waals surface area (Å²) >= 11 is 0. The standard InChI is InChI=1S/C17H19NO/c1-2-17(19)16(18)12-13-8-10-15(11-9-13)14-6-4-3-5-7-14/h3-11,16H,2,12,18H2,1H3. The highest BCUT2D eigenvalue weighted by Crippen LogP contribution is 2.19. The fraction of sp³-hybridized carbons (Fsp3) is 0.235. The van der Waals surface area contributed by atoms with E-state index in [9.17, 15) is 4.79 Å². The summed E-state index contributed by atoms with van der Waals surface area (Å²) in [6, 6.07) is 18.1. The van der Waals surface area contributed by atoms with E-state index in [1.165, 1.54) is 11.1 Å². The molecule has 0 aliphatic rings. The molecule has 0 heterocycles. The summed E-state index contributed by atoms with van der Waals surface area (Å²) in [4.78, 5) is 11.5. The van der Waals surface area contributed by atoms with Crippen molar-refractivity contribution in [3.05, 3.63) is 60.2 Å². The zero-order valence-electron chi connectivity index (χ0n) is 11.2. The average Bonchev–Trinajstić information content (AvgIpc) is 2.48. The number of benzene rings is 2. The second kappa shape index (κ2) is 6.30. The maximum atomic E-state index is 11.5. The molecule has 0 bridgehead atoms. The summed E-state index contributed by atoms with van der Waals surface area (Å²) in [5.41, 5.74) is 9.34. The highest BCUT2D eigenvalue weighted by atomic mass is 16.1. The maximum Gasteiger partial charge on any atom is 0.149 e. The molecule has 0 fully saturated rings. The van der Waals surface area contributed by atoms with E-state index in [0.29, 0.717) is 12.8 Å². The van der Waals surface area contributed by atoms with Crippen molar-refractivity contribution in [2.75, 3.05) is 0 Å². The highest BCUT2D eigenvalue weighted by Gasteiger charge is 2.11. The van der Waals surface area contributed by atoms with Crippen molar-refractivity contribution < 1.29 is 4.79 Å². The van der Waals surface area contributed by atoms with E-state index >= 15 is 0 Å². The topological polar surface area (TPSA) is 43.1 Å². The number of hydrogen-bond acceptors (Lipinski definition) is 2. The van der Waals surface area contributed by atoms with Crippen LogP contribution in [-0.4, -0.2) is 11.8 Å². The number of Topliss-reactive ketones (excluding diaryl/α,β-unsaturated/α-hetero) is 1. The van der Waals surface area contributed by atoms with Gasteiger partial charge in [0, 0.05) is 6.42 Å². The van der Waals surface area contributed by atoms with Crippen molar-refractivity contribution >= 4 is 5.78 Å². The molecule has 19 heavy (non-hydrogen) atoms. The smallest absolute Gasteiger partial charge is 0.149 e. The molecule has 0 saturated heterocycles. The molecule has 2 rings (SSSR count). The first-order chi connectivity index (χ1) is 9.20. The van der Waals surface area contributed by atoms with Crippen LogP contribution in [0.15, 0.2) is 54.6 Å². The monoisotopic (exact) mass is 253 g/mol. The Balaban J connectivity index is 2.09. The van der Waals surface area contributed by atoms with E-state index < -0.39 is 0 Å². The first-order valence-corrected chi connectivity index (χ1v) is 6.63. The quantitative estimate of drug-likeness (QED) is 0.889. The lowest BCUT2D eigenvalue weighted by atomic mass is 9.99. The molecule has 2 N–H and O–H groups in total. The second-order valence-electron chi connectivity index (χ2n) is 4.69. The summed E-state index contributed by atoms with van der Waals surface area (Å²) in [5.74, 6) is 0.118. The summed E-state index contributed by atoms with van der Waals surface area (Å²) < 4.78 is 0. The lowest BCUT2D eigenvalue weighted by molar-refractivity contribution is -0.119. The minimum atomic E-state index is -0.382. The highest BCUT2D eigenvalue weighted by molar-refractivity contribution is 5.83. The Bertz CT molecular complexity index is 531. The summed E-state index contributed by atoms with van der Waals surface area (Å²) in [6.07, 6.45) is 1.12. The van der Waals surface area contributed by atoms with Crippen molar-refractivity contribution in [2.24, 2.45) is 5.73 Å². The van der Waals surface area contributed by atoms with Crippen LogP contribution < -0.4 is 5.73 Å². The van der Waals surface area contributed by atoms with E-state index in [4.69, 9.17) is 5.73 Å². The Hall–Kier alpha value is -1.93. The molecule has 2 nitrogen and oxygen atoms in total. The normalized spacial score (nSPS) is 12.1. The predicted octanol–water partition coefficient (Wildman–Crippen LogP) is 3.20. The molecule has 98 valence electrons. The number of carbonyl (C=O) groups excluding carboxylic acids is 1. The fourth-order valence-corrected chi connectivity index (χ4v) is 2.09. The summed E-state index contributed by atoms with van der Waals surface area (Å²) in [7, 11) is 0. The third kappa shape index (κ3) is 3.52. The molecule has 0 aliphatic heterocycles. The van der Waals surface area contributed by atoms with Crippen molar-refractivity contribution in [2.45, 2.75) is 25.8 Å². The Morgan fingerprint density at radius 3 is 2.16 bits per heavy atom. The lowest BCUT2D eigenvalue weighted by Crippen LogP contribution is -2.32. The van der Waals surface area contributed by atoms with Gasteiger partial charge in [-0.15, -0.1) is 0 Å². The molecule has 1 atom stereocenters. The maximum absolute atomic E-state index is 11.5. The van der Waals surface area contributed by atoms with Crippen molar-refractivity contribution in [1.82, 2.24) is 0 Å². The Kier molecular flexibility index (Phi) is 4.48. The van der Waals surface area contributed by atoms with Crippen LogP contribution in [0.1, 0.15) is 18.9 Å². The molecular formula is C17H19NO. The molecule has 0 amide bonds. The van der Waals surface area contributed by atoms with Gasteiger partial charge < -0.3 is 5.73 Å². The van der Waals surface area contributed by atoms with Crippen LogP contribution in [0.4, 0.5) is 0 Å². The zero-order valence-corrected chi connectivity index (χ0v) is 11.2. The molecule has 0 spiro atoms. The summed E-state index contributed by atoms with van der Waals surface area (Å²) in [5, 5.41) is 0. The van der Waals surface area contributed by atoms with Crippen LogP contribution >= 0.6 is 0 Å². The lowest BCUT2D eigenvalue weighted by Gasteiger charge is -2.10. The van der Waals surface area contributed by atoms with Gasteiger partial charge in [0.25, 0.3) is 0 Å². The van der Waals surface area contributed by atoms with Crippen molar-refractivity contribution in [3.8, 4) is 11.1 Å². The average molecular weight is 253 g/mol. The van der Waals surface area contributed by atoms with Gasteiger partial charge in [0.1, 0.15) is 5.78 Å². The van der Waals surface area contributed by atoms with Crippen LogP contribution in [0.25, 0.3) is 11.1 Å². The number of rotatable bonds is 5. The van der Waals surface area contributed by atoms with E-state index in [2.05, 4.69) is 24.3 Å². The minimum absolute atomic E-state index is 0.118. The number of carbonyl (C=O) groups is 1. The van der Waals surface area contributed by atoms with Crippen molar-refractivity contribution in [1.29, 1.82) is 0 Å². The van der Waals surface area contributed by atoms with Gasteiger partial charge in [-0.3, -0.25) is 4.79 Å². The van der Waals surface area contributed by atoms with Gasteiger partial charge in [-0.1, -0.05) is 61.5 Å². The van der Waals surface area contributed by atoms with E-state index in [-0.39, 0.29) is 11.8 Å². The Morgan fingerprint density at radius 2 is 1.58 bits per heavy atom. The molecule has 0 aliphatic carbocycles. The van der Waals surface area contributed by atoms with Crippen LogP contribution in [0.3, 0.4) is 0 Å². The van der Waals surface area contributed by atoms with Gasteiger partial charge in [0.05, 0.1) is 6.04 Å². The molecule has 0 radical (unpaired) electrons. The second-order valence-corrected chi connectivity index (χ2v) is 4.69. The number of hydrogen-bond donors (Lipinski definition) is 1. The fourth-order valence-electron chi connectivity index (χ4n) is 2.09. The number of nitrogens with two attached hydrogens (primary N) is 1. The van der Waals surface area contributed by atoms with Crippen LogP contribution in [0.2, 0.25) is 0 Å². The van der Waals surface area contributed by atoms with Gasteiger partial charge >= 0.3 is 0 Å². The predicted molar refractivity (Wildman–Crippen MR) is 78.9 cm³/mol. The van der Waals surface area contributed by atoms with Gasteiger partial charge in [0.15, 0.2) is 0 Å². The van der Waals surface area contributed by atoms with E-state index in [1.54, 1.807) is 0 Å². The zero-order chi connectivity index (χ0) is 13.7. The first-order valence-electron chi connectivity index (χ1n) is 6.63. The molecule has 1 unspecified atom stereocenters. The SMILES string of the molecule is CCC(=O)C(N)Cc1ccc(-c2ccccc2)cc1. The van der Waals surface area contributed by atoms with Gasteiger partial charge in [-0.2, -0.15) is 0 Å². The third-order valence-electron chi connectivity index (χ3n) is 3.28. The minimum Gasteiger partial charge on any atom is -0.321 e. The van der Waals surface area contributed by atoms with Crippen LogP contribution in [-0.2, 0) is 11.2 Å². The molecule has 2 aromatic rings. The van der Waals surface area contributed by atoms with Crippen molar-refractivity contribution in [3.63, 3.8) is 0 Å². The summed E-state index contributed by atoms with van der Waals surface area (Å²) in [6.45, 7) is 1.85. The number of ketones is 1. The van der Waals surface area contributed by atoms with Gasteiger partial charge in [-0.05, 0) is 23.1 Å².